The molecule has 0 bridgehead atoms. The molecule has 0 aliphatic heterocycles. The van der Waals surface area contributed by atoms with Crippen LogP contribution in [0.2, 0.25) is 0 Å². The Labute approximate surface area is 95.7 Å². The normalized spacial score (nSPS) is 0. The first-order valence-corrected chi connectivity index (χ1v) is 0. The Kier molecular flexibility index (Phi) is 7100. The SMILES string of the molecule is [Al+3].[Al+3].[Mn+2].[Mn+2].[O-2].[O-2].[O-2].[O-2].[O-2]. The Bertz CT molecular complexity index is 12.9. The van der Waals surface area contributed by atoms with E-state index in [0.29, 0.717) is 0 Å². The first-order chi connectivity index (χ1) is 0. The molecule has 0 fully saturated rings. The Hall–Kier alpha value is 1.90. The van der Waals surface area contributed by atoms with Crippen molar-refractivity contribution in [1.29, 1.82) is 0 Å². The zero-order valence-electron chi connectivity index (χ0n) is 3.95. The fraction of sp³-hybridized carbons (Fsp3) is 0. The predicted molar refractivity (Wildman–Crippen MR) is 14.9 cm³/mol. The van der Waals surface area contributed by atoms with Gasteiger partial charge in [-0.15, -0.1) is 0 Å². The predicted octanol–water partition coefficient (Wildman–Crippen LogP) is -1.36. The summed E-state index contributed by atoms with van der Waals surface area (Å²) in [6.07, 6.45) is 0. The average Bonchev–Trinajstić information content (AvgIpc) is 0. The van der Waals surface area contributed by atoms with Crippen molar-refractivity contribution in [2.45, 2.75) is 0 Å². The maximum absolute atomic E-state index is 0. The molecule has 50 valence electrons. The Morgan fingerprint density at radius 2 is 0.333 bits per heavy atom. The van der Waals surface area contributed by atoms with Crippen LogP contribution in [-0.2, 0) is 61.5 Å². The van der Waals surface area contributed by atoms with Crippen molar-refractivity contribution in [2.24, 2.45) is 0 Å². The van der Waals surface area contributed by atoms with Crippen LogP contribution in [-0.4, -0.2) is 34.7 Å². The van der Waals surface area contributed by atoms with E-state index in [0.717, 1.165) is 0 Å². The summed E-state index contributed by atoms with van der Waals surface area (Å²) in [6, 6.07) is 0. The van der Waals surface area contributed by atoms with E-state index in [1.165, 1.54) is 0 Å². The van der Waals surface area contributed by atoms with Gasteiger partial charge in [-0.25, -0.2) is 0 Å². The Balaban J connectivity index is 0. The van der Waals surface area contributed by atoms with Gasteiger partial charge in [0, 0.05) is 0 Å². The molecule has 2 radical (unpaired) electrons. The van der Waals surface area contributed by atoms with Gasteiger partial charge in [-0.3, -0.25) is 0 Å². The zero-order chi connectivity index (χ0) is 0. The van der Waals surface area contributed by atoms with Gasteiger partial charge in [0.15, 0.2) is 0 Å². The van der Waals surface area contributed by atoms with Crippen LogP contribution in [0, 0.1) is 0 Å². The maximum atomic E-state index is 0. The van der Waals surface area contributed by atoms with E-state index < -0.39 is 0 Å². The monoisotopic (exact) mass is 244 g/mol. The minimum absolute atomic E-state index is 0. The molecule has 9 heteroatoms. The van der Waals surface area contributed by atoms with E-state index >= 15 is 0 Å². The number of hydrogen-bond acceptors (Lipinski definition) is 0. The summed E-state index contributed by atoms with van der Waals surface area (Å²) in [5.41, 5.74) is 0. The first kappa shape index (κ1) is 295. The molecular weight excluding hydrogens is 244 g/mol. The molecule has 0 aromatic carbocycles. The van der Waals surface area contributed by atoms with E-state index in [9.17, 15) is 0 Å². The van der Waals surface area contributed by atoms with E-state index in [2.05, 4.69) is 0 Å². The number of rotatable bonds is 0. The molecule has 0 aliphatic carbocycles. The average molecular weight is 244 g/mol. The van der Waals surface area contributed by atoms with Gasteiger partial charge in [-0.2, -0.15) is 0 Å². The summed E-state index contributed by atoms with van der Waals surface area (Å²) >= 11 is 0. The fourth-order valence-electron chi connectivity index (χ4n) is 0. The summed E-state index contributed by atoms with van der Waals surface area (Å²) in [5.74, 6) is 0. The second-order valence-electron chi connectivity index (χ2n) is 0. The van der Waals surface area contributed by atoms with Gasteiger partial charge in [0.25, 0.3) is 0 Å². The summed E-state index contributed by atoms with van der Waals surface area (Å²) in [6.45, 7) is 0. The van der Waals surface area contributed by atoms with Crippen molar-refractivity contribution in [3.8, 4) is 0 Å². The van der Waals surface area contributed by atoms with Crippen molar-refractivity contribution in [2.75, 3.05) is 0 Å². The van der Waals surface area contributed by atoms with E-state index in [-0.39, 0.29) is 96.2 Å². The maximum Gasteiger partial charge on any atom is 3.00 e. The topological polar surface area (TPSA) is 142 Å². The molecule has 0 aromatic rings. The van der Waals surface area contributed by atoms with E-state index in [4.69, 9.17) is 0 Å². The number of hydrogen-bond donors (Lipinski definition) is 0. The quantitative estimate of drug-likeness (QED) is 0.463. The molecule has 0 unspecified atom stereocenters. The molecule has 0 amide bonds. The Morgan fingerprint density at radius 3 is 0.333 bits per heavy atom. The molecular formula is Al2Mn2O5. The van der Waals surface area contributed by atoms with E-state index in [1.54, 1.807) is 0 Å². The van der Waals surface area contributed by atoms with Crippen molar-refractivity contribution >= 4 is 34.7 Å². The van der Waals surface area contributed by atoms with Crippen LogP contribution in [0.4, 0.5) is 0 Å². The summed E-state index contributed by atoms with van der Waals surface area (Å²) < 4.78 is 0. The molecule has 0 heterocycles. The van der Waals surface area contributed by atoms with Gasteiger partial charge in [-0.1, -0.05) is 0 Å². The smallest absolute Gasteiger partial charge is 2.00 e. The Morgan fingerprint density at radius 1 is 0.333 bits per heavy atom. The minimum atomic E-state index is 0. The van der Waals surface area contributed by atoms with Crippen LogP contribution >= 0.6 is 0 Å². The van der Waals surface area contributed by atoms with Crippen molar-refractivity contribution in [3.05, 3.63) is 0 Å². The van der Waals surface area contributed by atoms with Crippen LogP contribution in [0.1, 0.15) is 0 Å². The zero-order valence-corrected chi connectivity index (χ0v) is 8.62. The molecule has 0 rings (SSSR count). The summed E-state index contributed by atoms with van der Waals surface area (Å²) in [5, 5.41) is 0. The third kappa shape index (κ3) is 171. The van der Waals surface area contributed by atoms with Crippen LogP contribution in [0.15, 0.2) is 0 Å². The van der Waals surface area contributed by atoms with Crippen LogP contribution in [0.3, 0.4) is 0 Å². The van der Waals surface area contributed by atoms with Crippen molar-refractivity contribution in [1.82, 2.24) is 0 Å². The van der Waals surface area contributed by atoms with Crippen LogP contribution in [0.5, 0.6) is 0 Å². The first-order valence-electron chi connectivity index (χ1n) is 0. The molecule has 0 saturated heterocycles. The molecule has 0 aliphatic rings. The van der Waals surface area contributed by atoms with Gasteiger partial charge >= 0.3 is 68.9 Å². The van der Waals surface area contributed by atoms with Gasteiger partial charge in [0.1, 0.15) is 0 Å². The van der Waals surface area contributed by atoms with E-state index in [1.807, 2.05) is 0 Å². The van der Waals surface area contributed by atoms with Gasteiger partial charge < -0.3 is 27.4 Å². The van der Waals surface area contributed by atoms with Gasteiger partial charge in [0.05, 0.1) is 0 Å². The molecule has 9 heavy (non-hydrogen) atoms. The van der Waals surface area contributed by atoms with Crippen LogP contribution in [0.25, 0.3) is 0 Å². The van der Waals surface area contributed by atoms with Gasteiger partial charge in [0.2, 0.25) is 0 Å². The fourth-order valence-corrected chi connectivity index (χ4v) is 0. The largest absolute Gasteiger partial charge is 3.00 e. The molecule has 0 saturated carbocycles. The molecule has 0 atom stereocenters. The summed E-state index contributed by atoms with van der Waals surface area (Å²) in [4.78, 5) is 0. The second kappa shape index (κ2) is 217. The summed E-state index contributed by atoms with van der Waals surface area (Å²) in [7, 11) is 0. The van der Waals surface area contributed by atoms with Gasteiger partial charge in [-0.05, 0) is 0 Å². The second-order valence-corrected chi connectivity index (χ2v) is 0. The van der Waals surface area contributed by atoms with Crippen molar-refractivity contribution < 1.29 is 61.5 Å². The molecule has 0 N–H and O–H groups in total. The molecule has 0 spiro atoms. The molecule has 0 aromatic heterocycles. The third-order valence-corrected chi connectivity index (χ3v) is 0. The minimum Gasteiger partial charge on any atom is -2.00 e. The standard InChI is InChI=1S/2Al.2Mn.5O/q2*+3;2*+2;5*-2. The third-order valence-electron chi connectivity index (χ3n) is 0. The molecule has 5 nitrogen and oxygen atoms in total. The van der Waals surface area contributed by atoms with Crippen molar-refractivity contribution in [3.63, 3.8) is 0 Å². The van der Waals surface area contributed by atoms with Crippen LogP contribution < -0.4 is 0 Å².